The number of hydrogen-bond donors (Lipinski definition) is 2. The van der Waals surface area contributed by atoms with E-state index in [4.69, 9.17) is 9.47 Å². The molecule has 0 aliphatic rings. The minimum absolute atomic E-state index is 0. The first-order valence-electron chi connectivity index (χ1n) is 8.24. The van der Waals surface area contributed by atoms with Crippen LogP contribution in [0.4, 0.5) is 0 Å². The van der Waals surface area contributed by atoms with Gasteiger partial charge in [0.25, 0.3) is 0 Å². The molecule has 0 aliphatic carbocycles. The molecule has 1 aromatic carbocycles. The first-order chi connectivity index (χ1) is 11.2. The van der Waals surface area contributed by atoms with E-state index >= 15 is 0 Å². The van der Waals surface area contributed by atoms with Gasteiger partial charge in [0, 0.05) is 33.9 Å². The molecule has 0 aliphatic heterocycles. The summed E-state index contributed by atoms with van der Waals surface area (Å²) in [5, 5.41) is 6.56. The zero-order valence-electron chi connectivity index (χ0n) is 15.3. The second kappa shape index (κ2) is 14.5. The number of nitrogens with one attached hydrogen (secondary N) is 2. The summed E-state index contributed by atoms with van der Waals surface area (Å²) in [5.41, 5.74) is 2.38. The van der Waals surface area contributed by atoms with Gasteiger partial charge in [-0.25, -0.2) is 0 Å². The molecule has 0 saturated heterocycles. The largest absolute Gasteiger partial charge is 0.380 e. The highest BCUT2D eigenvalue weighted by molar-refractivity contribution is 14.0. The standard InChI is InChI=1S/C18H31N3O2.HI/c1-15(2)8-10-23-11-9-20-18(19-3)21-13-16-6-5-7-17(12-16)14-22-4;/h5-7,12,15H,8-11,13-14H2,1-4H3,(H2,19,20,21);1H. The molecule has 0 atom stereocenters. The number of benzene rings is 1. The molecule has 0 saturated carbocycles. The van der Waals surface area contributed by atoms with E-state index in [1.54, 1.807) is 14.2 Å². The number of rotatable bonds is 10. The molecule has 0 aromatic heterocycles. The van der Waals surface area contributed by atoms with Crippen molar-refractivity contribution in [1.29, 1.82) is 0 Å². The third-order valence-corrected chi connectivity index (χ3v) is 3.36. The highest BCUT2D eigenvalue weighted by Crippen LogP contribution is 2.06. The van der Waals surface area contributed by atoms with Gasteiger partial charge in [-0.2, -0.15) is 0 Å². The number of aliphatic imine (C=N–C) groups is 1. The van der Waals surface area contributed by atoms with Gasteiger partial charge in [-0.1, -0.05) is 38.1 Å². The van der Waals surface area contributed by atoms with Gasteiger partial charge in [0.2, 0.25) is 0 Å². The van der Waals surface area contributed by atoms with Crippen LogP contribution >= 0.6 is 24.0 Å². The third kappa shape index (κ3) is 10.8. The van der Waals surface area contributed by atoms with E-state index in [0.717, 1.165) is 32.1 Å². The van der Waals surface area contributed by atoms with Crippen molar-refractivity contribution < 1.29 is 9.47 Å². The van der Waals surface area contributed by atoms with Gasteiger partial charge in [-0.05, 0) is 23.5 Å². The van der Waals surface area contributed by atoms with Crippen LogP contribution < -0.4 is 10.6 Å². The predicted octanol–water partition coefficient (Wildman–Crippen LogP) is 3.18. The molecule has 1 rings (SSSR count). The van der Waals surface area contributed by atoms with Crippen LogP contribution in [-0.2, 0) is 22.6 Å². The Morgan fingerprint density at radius 3 is 2.58 bits per heavy atom. The van der Waals surface area contributed by atoms with E-state index < -0.39 is 0 Å². The number of nitrogens with zero attached hydrogens (tertiary/aromatic N) is 1. The van der Waals surface area contributed by atoms with Gasteiger partial charge >= 0.3 is 0 Å². The Balaban J connectivity index is 0.00000529. The minimum Gasteiger partial charge on any atom is -0.380 e. The van der Waals surface area contributed by atoms with Crippen LogP contribution in [0.2, 0.25) is 0 Å². The number of hydrogen-bond acceptors (Lipinski definition) is 3. The van der Waals surface area contributed by atoms with Crippen LogP contribution in [0.3, 0.4) is 0 Å². The summed E-state index contributed by atoms with van der Waals surface area (Å²) < 4.78 is 10.7. The molecule has 0 unspecified atom stereocenters. The smallest absolute Gasteiger partial charge is 0.191 e. The van der Waals surface area contributed by atoms with E-state index in [9.17, 15) is 0 Å². The molecule has 0 bridgehead atoms. The van der Waals surface area contributed by atoms with E-state index in [1.807, 2.05) is 6.07 Å². The lowest BCUT2D eigenvalue weighted by molar-refractivity contribution is 0.128. The summed E-state index contributed by atoms with van der Waals surface area (Å²) >= 11 is 0. The van der Waals surface area contributed by atoms with Gasteiger partial charge in [-0.15, -0.1) is 24.0 Å². The maximum absolute atomic E-state index is 5.59. The Morgan fingerprint density at radius 1 is 1.17 bits per heavy atom. The normalized spacial score (nSPS) is 11.3. The van der Waals surface area contributed by atoms with Crippen LogP contribution in [0.15, 0.2) is 29.3 Å². The molecule has 0 amide bonds. The quantitative estimate of drug-likeness (QED) is 0.249. The molecular formula is C18H32IN3O2. The zero-order valence-corrected chi connectivity index (χ0v) is 17.6. The first kappa shape index (κ1) is 23.1. The second-order valence-corrected chi connectivity index (χ2v) is 5.90. The van der Waals surface area contributed by atoms with Crippen molar-refractivity contribution >= 4 is 29.9 Å². The zero-order chi connectivity index (χ0) is 16.9. The van der Waals surface area contributed by atoms with E-state index in [2.05, 4.69) is 47.7 Å². The third-order valence-electron chi connectivity index (χ3n) is 3.36. The lowest BCUT2D eigenvalue weighted by atomic mass is 10.1. The van der Waals surface area contributed by atoms with Crippen LogP contribution in [0.1, 0.15) is 31.4 Å². The lowest BCUT2D eigenvalue weighted by Gasteiger charge is -2.13. The topological polar surface area (TPSA) is 54.9 Å². The highest BCUT2D eigenvalue weighted by atomic mass is 127. The Bertz CT molecular complexity index is 467. The Morgan fingerprint density at radius 2 is 1.92 bits per heavy atom. The summed E-state index contributed by atoms with van der Waals surface area (Å²) in [6.45, 7) is 8.03. The predicted molar refractivity (Wildman–Crippen MR) is 111 cm³/mol. The van der Waals surface area contributed by atoms with E-state index in [0.29, 0.717) is 19.1 Å². The summed E-state index contributed by atoms with van der Waals surface area (Å²) in [5.74, 6) is 1.47. The molecule has 6 heteroatoms. The van der Waals surface area contributed by atoms with Crippen molar-refractivity contribution in [2.45, 2.75) is 33.4 Å². The molecule has 0 spiro atoms. The first-order valence-corrected chi connectivity index (χ1v) is 8.24. The Labute approximate surface area is 163 Å². The molecule has 0 radical (unpaired) electrons. The molecule has 2 N–H and O–H groups in total. The molecule has 0 heterocycles. The molecule has 0 fully saturated rings. The monoisotopic (exact) mass is 449 g/mol. The molecule has 138 valence electrons. The van der Waals surface area contributed by atoms with Crippen molar-refractivity contribution in [1.82, 2.24) is 10.6 Å². The molecule has 24 heavy (non-hydrogen) atoms. The van der Waals surface area contributed by atoms with Crippen LogP contribution in [0, 0.1) is 5.92 Å². The SMILES string of the molecule is CN=C(NCCOCCC(C)C)NCc1cccc(COC)c1.I. The molecule has 1 aromatic rings. The Hall–Kier alpha value is -0.860. The van der Waals surface area contributed by atoms with E-state index in [1.165, 1.54) is 11.1 Å². The number of ether oxygens (including phenoxy) is 2. The van der Waals surface area contributed by atoms with Crippen molar-refractivity contribution in [2.24, 2.45) is 10.9 Å². The summed E-state index contributed by atoms with van der Waals surface area (Å²) in [6, 6.07) is 8.34. The lowest BCUT2D eigenvalue weighted by Crippen LogP contribution is -2.38. The van der Waals surface area contributed by atoms with Gasteiger partial charge in [0.15, 0.2) is 5.96 Å². The Kier molecular flexibility index (Phi) is 14.0. The van der Waals surface area contributed by atoms with Gasteiger partial charge in [0.05, 0.1) is 13.2 Å². The van der Waals surface area contributed by atoms with E-state index in [-0.39, 0.29) is 24.0 Å². The maximum atomic E-state index is 5.59. The van der Waals surface area contributed by atoms with Gasteiger partial charge < -0.3 is 20.1 Å². The van der Waals surface area contributed by atoms with Crippen molar-refractivity contribution in [2.75, 3.05) is 33.9 Å². The van der Waals surface area contributed by atoms with Gasteiger partial charge in [-0.3, -0.25) is 4.99 Å². The fraction of sp³-hybridized carbons (Fsp3) is 0.611. The maximum Gasteiger partial charge on any atom is 0.191 e. The van der Waals surface area contributed by atoms with Crippen LogP contribution in [0.5, 0.6) is 0 Å². The fourth-order valence-electron chi connectivity index (χ4n) is 2.07. The summed E-state index contributed by atoms with van der Waals surface area (Å²) in [6.07, 6.45) is 1.10. The number of halogens is 1. The summed E-state index contributed by atoms with van der Waals surface area (Å²) in [4.78, 5) is 4.22. The average molecular weight is 449 g/mol. The van der Waals surface area contributed by atoms with Crippen molar-refractivity contribution in [3.8, 4) is 0 Å². The number of methoxy groups -OCH3 is 1. The highest BCUT2D eigenvalue weighted by Gasteiger charge is 2.00. The van der Waals surface area contributed by atoms with Crippen molar-refractivity contribution in [3.63, 3.8) is 0 Å². The van der Waals surface area contributed by atoms with Crippen molar-refractivity contribution in [3.05, 3.63) is 35.4 Å². The van der Waals surface area contributed by atoms with Crippen LogP contribution in [-0.4, -0.2) is 39.9 Å². The summed E-state index contributed by atoms with van der Waals surface area (Å²) in [7, 11) is 3.48. The molecule has 5 nitrogen and oxygen atoms in total. The van der Waals surface area contributed by atoms with Gasteiger partial charge in [0.1, 0.15) is 0 Å². The van der Waals surface area contributed by atoms with Crippen LogP contribution in [0.25, 0.3) is 0 Å². The number of guanidine groups is 1. The molecular weight excluding hydrogens is 417 g/mol. The average Bonchev–Trinajstić information content (AvgIpc) is 2.54. The fourth-order valence-corrected chi connectivity index (χ4v) is 2.07. The second-order valence-electron chi connectivity index (χ2n) is 5.90. The minimum atomic E-state index is 0.